The van der Waals surface area contributed by atoms with E-state index in [1.807, 2.05) is 5.38 Å². The summed E-state index contributed by atoms with van der Waals surface area (Å²) >= 11 is 1.28. The van der Waals surface area contributed by atoms with Gasteiger partial charge < -0.3 is 4.74 Å². The number of sulfonamides is 1. The van der Waals surface area contributed by atoms with Gasteiger partial charge in [0.2, 0.25) is 0 Å². The maximum absolute atomic E-state index is 13.1. The fraction of sp³-hybridized carbons (Fsp3) is 0.588. The number of aryl methyl sites for hydroxylation is 1. The van der Waals surface area contributed by atoms with Crippen LogP contribution in [0.25, 0.3) is 0 Å². The van der Waals surface area contributed by atoms with E-state index in [0.717, 1.165) is 43.5 Å². The van der Waals surface area contributed by atoms with Crippen LogP contribution in [0.4, 0.5) is 0 Å². The standard InChI is InChI=1S/C17H23N3O3S2/c1-2-8-19-14-7-10-23-12-13(14)17(18-19)15-5-3-9-20(15)25(21,22)16-6-4-11-24-16/h4,6,11,15H,2-3,5,7-10,12H2,1H3. The highest BCUT2D eigenvalue weighted by molar-refractivity contribution is 7.91. The summed E-state index contributed by atoms with van der Waals surface area (Å²) in [6.07, 6.45) is 3.55. The molecule has 1 atom stereocenters. The Morgan fingerprint density at radius 2 is 2.32 bits per heavy atom. The van der Waals surface area contributed by atoms with Crippen molar-refractivity contribution in [1.29, 1.82) is 0 Å². The first-order valence-corrected chi connectivity index (χ1v) is 11.2. The number of thiophene rings is 1. The molecule has 6 nitrogen and oxygen atoms in total. The maximum Gasteiger partial charge on any atom is 0.253 e. The van der Waals surface area contributed by atoms with Crippen molar-refractivity contribution >= 4 is 21.4 Å². The first-order valence-electron chi connectivity index (χ1n) is 8.84. The Hall–Kier alpha value is -1.22. The van der Waals surface area contributed by atoms with Crippen LogP contribution in [0.2, 0.25) is 0 Å². The largest absolute Gasteiger partial charge is 0.376 e. The quantitative estimate of drug-likeness (QED) is 0.799. The van der Waals surface area contributed by atoms with Gasteiger partial charge in [0, 0.05) is 30.8 Å². The third-order valence-electron chi connectivity index (χ3n) is 4.94. The van der Waals surface area contributed by atoms with Crippen molar-refractivity contribution < 1.29 is 13.2 Å². The molecule has 4 heterocycles. The van der Waals surface area contributed by atoms with Crippen molar-refractivity contribution in [2.75, 3.05) is 13.2 Å². The van der Waals surface area contributed by atoms with Crippen molar-refractivity contribution in [1.82, 2.24) is 14.1 Å². The molecule has 2 aromatic heterocycles. The fourth-order valence-electron chi connectivity index (χ4n) is 3.83. The van der Waals surface area contributed by atoms with Gasteiger partial charge in [0.1, 0.15) is 4.21 Å². The van der Waals surface area contributed by atoms with E-state index < -0.39 is 10.0 Å². The predicted molar refractivity (Wildman–Crippen MR) is 96.1 cm³/mol. The molecule has 8 heteroatoms. The third-order valence-corrected chi connectivity index (χ3v) is 8.22. The van der Waals surface area contributed by atoms with E-state index in [0.29, 0.717) is 24.0 Å². The number of hydrogen-bond acceptors (Lipinski definition) is 5. The molecule has 0 N–H and O–H groups in total. The van der Waals surface area contributed by atoms with Gasteiger partial charge in [-0.05, 0) is 30.7 Å². The molecule has 0 amide bonds. The zero-order valence-electron chi connectivity index (χ0n) is 14.3. The second-order valence-electron chi connectivity index (χ2n) is 6.54. The van der Waals surface area contributed by atoms with Crippen LogP contribution in [0.5, 0.6) is 0 Å². The second kappa shape index (κ2) is 6.83. The van der Waals surface area contributed by atoms with E-state index in [2.05, 4.69) is 11.6 Å². The van der Waals surface area contributed by atoms with E-state index in [9.17, 15) is 8.42 Å². The minimum atomic E-state index is -3.46. The highest BCUT2D eigenvalue weighted by Crippen LogP contribution is 2.39. The molecule has 25 heavy (non-hydrogen) atoms. The number of ether oxygens (including phenoxy) is 1. The van der Waals surface area contributed by atoms with Gasteiger partial charge in [0.15, 0.2) is 0 Å². The summed E-state index contributed by atoms with van der Waals surface area (Å²) < 4.78 is 35.9. The summed E-state index contributed by atoms with van der Waals surface area (Å²) in [7, 11) is -3.46. The summed E-state index contributed by atoms with van der Waals surface area (Å²) in [5, 5.41) is 6.65. The van der Waals surface area contributed by atoms with E-state index in [-0.39, 0.29) is 6.04 Å². The third kappa shape index (κ3) is 2.95. The van der Waals surface area contributed by atoms with Crippen LogP contribution in [0, 0.1) is 0 Å². The lowest BCUT2D eigenvalue weighted by Gasteiger charge is -2.23. The monoisotopic (exact) mass is 381 g/mol. The summed E-state index contributed by atoms with van der Waals surface area (Å²) in [6, 6.07) is 3.29. The molecule has 0 radical (unpaired) electrons. The van der Waals surface area contributed by atoms with E-state index in [1.54, 1.807) is 16.4 Å². The molecule has 1 unspecified atom stereocenters. The lowest BCUT2D eigenvalue weighted by molar-refractivity contribution is 0.107. The molecule has 0 saturated carbocycles. The molecule has 0 aromatic carbocycles. The van der Waals surface area contributed by atoms with Crippen LogP contribution in [0.1, 0.15) is 49.2 Å². The molecule has 2 aromatic rings. The van der Waals surface area contributed by atoms with Crippen molar-refractivity contribution in [3.63, 3.8) is 0 Å². The number of hydrogen-bond donors (Lipinski definition) is 0. The summed E-state index contributed by atoms with van der Waals surface area (Å²) in [5.74, 6) is 0. The van der Waals surface area contributed by atoms with Crippen molar-refractivity contribution in [2.24, 2.45) is 0 Å². The van der Waals surface area contributed by atoms with Gasteiger partial charge in [-0.15, -0.1) is 11.3 Å². The molecule has 0 spiro atoms. The molecule has 136 valence electrons. The number of aromatic nitrogens is 2. The van der Waals surface area contributed by atoms with Gasteiger partial charge in [-0.1, -0.05) is 13.0 Å². The number of fused-ring (bicyclic) bond motifs is 1. The highest BCUT2D eigenvalue weighted by Gasteiger charge is 2.40. The van der Waals surface area contributed by atoms with Gasteiger partial charge in [0.05, 0.1) is 24.9 Å². The lowest BCUT2D eigenvalue weighted by atomic mass is 10.0. The van der Waals surface area contributed by atoms with Crippen LogP contribution in [0.3, 0.4) is 0 Å². The zero-order valence-corrected chi connectivity index (χ0v) is 16.0. The smallest absolute Gasteiger partial charge is 0.253 e. The number of rotatable bonds is 5. The van der Waals surface area contributed by atoms with Gasteiger partial charge in [-0.2, -0.15) is 9.40 Å². The SMILES string of the molecule is CCCn1nc(C2CCCN2S(=O)(=O)c2cccs2)c2c1CCOC2. The molecular formula is C17H23N3O3S2. The van der Waals surface area contributed by atoms with Gasteiger partial charge >= 0.3 is 0 Å². The second-order valence-corrected chi connectivity index (χ2v) is 9.61. The normalized spacial score (nSPS) is 21.6. The van der Waals surface area contributed by atoms with E-state index in [4.69, 9.17) is 9.84 Å². The molecule has 4 rings (SSSR count). The Balaban J connectivity index is 1.74. The molecule has 1 saturated heterocycles. The molecular weight excluding hydrogens is 358 g/mol. The average molecular weight is 382 g/mol. The van der Waals surface area contributed by atoms with E-state index in [1.165, 1.54) is 17.0 Å². The van der Waals surface area contributed by atoms with Crippen molar-refractivity contribution in [2.45, 2.75) is 56.0 Å². The minimum absolute atomic E-state index is 0.180. The van der Waals surface area contributed by atoms with Gasteiger partial charge in [0.25, 0.3) is 10.0 Å². The predicted octanol–water partition coefficient (Wildman–Crippen LogP) is 2.95. The average Bonchev–Trinajstić information content (AvgIpc) is 3.35. The Bertz CT molecular complexity index is 843. The Labute approximate surface area is 152 Å². The van der Waals surface area contributed by atoms with Crippen LogP contribution >= 0.6 is 11.3 Å². The zero-order chi connectivity index (χ0) is 17.4. The topological polar surface area (TPSA) is 64.4 Å². The highest BCUT2D eigenvalue weighted by atomic mass is 32.2. The van der Waals surface area contributed by atoms with Crippen LogP contribution in [0.15, 0.2) is 21.7 Å². The van der Waals surface area contributed by atoms with Gasteiger partial charge in [-0.25, -0.2) is 8.42 Å². The van der Waals surface area contributed by atoms with Crippen LogP contribution < -0.4 is 0 Å². The Kier molecular flexibility index (Phi) is 4.70. The van der Waals surface area contributed by atoms with Crippen molar-refractivity contribution in [3.8, 4) is 0 Å². The first-order chi connectivity index (χ1) is 12.1. The summed E-state index contributed by atoms with van der Waals surface area (Å²) in [5.41, 5.74) is 3.24. The maximum atomic E-state index is 13.1. The minimum Gasteiger partial charge on any atom is -0.376 e. The van der Waals surface area contributed by atoms with E-state index >= 15 is 0 Å². The Morgan fingerprint density at radius 3 is 3.08 bits per heavy atom. The van der Waals surface area contributed by atoms with Gasteiger partial charge in [-0.3, -0.25) is 4.68 Å². The van der Waals surface area contributed by atoms with Crippen molar-refractivity contribution in [3.05, 3.63) is 34.5 Å². The molecule has 0 aliphatic carbocycles. The molecule has 2 aliphatic heterocycles. The Morgan fingerprint density at radius 1 is 1.44 bits per heavy atom. The lowest BCUT2D eigenvalue weighted by Crippen LogP contribution is -2.31. The number of nitrogens with zero attached hydrogens (tertiary/aromatic N) is 3. The molecule has 1 fully saturated rings. The molecule has 0 bridgehead atoms. The summed E-state index contributed by atoms with van der Waals surface area (Å²) in [4.78, 5) is 0. The summed E-state index contributed by atoms with van der Waals surface area (Å²) in [6.45, 7) is 4.81. The fourth-order valence-corrected chi connectivity index (χ4v) is 6.61. The molecule has 2 aliphatic rings. The van der Waals surface area contributed by atoms with Crippen LogP contribution in [-0.4, -0.2) is 35.7 Å². The first kappa shape index (κ1) is 17.2. The van der Waals surface area contributed by atoms with Crippen LogP contribution in [-0.2, 0) is 34.3 Å².